The van der Waals surface area contributed by atoms with E-state index in [2.05, 4.69) is 15.9 Å². The molecule has 0 aliphatic carbocycles. The van der Waals surface area contributed by atoms with Gasteiger partial charge in [0.25, 0.3) is 0 Å². The average molecular weight is 291 g/mol. The van der Waals surface area contributed by atoms with Crippen molar-refractivity contribution in [2.45, 2.75) is 18.9 Å². The summed E-state index contributed by atoms with van der Waals surface area (Å²) in [7, 11) is 0. The molecule has 0 radical (unpaired) electrons. The second-order valence-corrected chi connectivity index (χ2v) is 4.41. The van der Waals surface area contributed by atoms with Crippen molar-refractivity contribution in [3.8, 4) is 0 Å². The topological polar surface area (TPSA) is 26.3 Å². The highest BCUT2D eigenvalue weighted by atomic mass is 79.9. The van der Waals surface area contributed by atoms with Gasteiger partial charge in [-0.25, -0.2) is 8.78 Å². The van der Waals surface area contributed by atoms with Crippen LogP contribution in [0.3, 0.4) is 0 Å². The molecule has 86 valence electrons. The van der Waals surface area contributed by atoms with Crippen LogP contribution in [0.1, 0.15) is 24.5 Å². The Labute approximate surface area is 99.7 Å². The van der Waals surface area contributed by atoms with Gasteiger partial charge < -0.3 is 4.74 Å². The van der Waals surface area contributed by atoms with Crippen LogP contribution in [0, 0.1) is 11.6 Å². The third-order valence-electron chi connectivity index (χ3n) is 2.52. The maximum absolute atomic E-state index is 13.7. The van der Waals surface area contributed by atoms with E-state index in [1.54, 1.807) is 0 Å². The molecule has 0 N–H and O–H groups in total. The summed E-state index contributed by atoms with van der Waals surface area (Å²) in [6, 6.07) is 2.48. The van der Waals surface area contributed by atoms with Gasteiger partial charge in [-0.15, -0.1) is 0 Å². The average Bonchev–Trinajstić information content (AvgIpc) is 2.26. The van der Waals surface area contributed by atoms with Gasteiger partial charge in [0.15, 0.2) is 0 Å². The first kappa shape index (κ1) is 11.7. The number of carbonyl (C=O) groups is 1. The fraction of sp³-hybridized carbons (Fsp3) is 0.364. The maximum Gasteiger partial charge on any atom is 0.146 e. The Morgan fingerprint density at radius 1 is 1.38 bits per heavy atom. The summed E-state index contributed by atoms with van der Waals surface area (Å²) < 4.78 is 31.8. The minimum Gasteiger partial charge on any atom is -0.372 e. The number of Topliss-reactive ketones (excluding diaryl/α,β-unsaturated/α-hetero) is 1. The standard InChI is InChI=1S/C11H9BrF2O2/c12-10-8(13)2-1-7(11(10)14)9-5-6(15)3-4-16-9/h1-2,9H,3-5H2. The van der Waals surface area contributed by atoms with Crippen LogP contribution in [-0.4, -0.2) is 12.4 Å². The monoisotopic (exact) mass is 290 g/mol. The number of hydrogen-bond acceptors (Lipinski definition) is 2. The van der Waals surface area contributed by atoms with Crippen molar-refractivity contribution in [3.63, 3.8) is 0 Å². The van der Waals surface area contributed by atoms with E-state index >= 15 is 0 Å². The largest absolute Gasteiger partial charge is 0.372 e. The van der Waals surface area contributed by atoms with Gasteiger partial charge in [-0.05, 0) is 22.0 Å². The van der Waals surface area contributed by atoms with Crippen LogP contribution in [0.25, 0.3) is 0 Å². The molecule has 0 aromatic heterocycles. The van der Waals surface area contributed by atoms with Gasteiger partial charge in [0.05, 0.1) is 17.2 Å². The zero-order valence-electron chi connectivity index (χ0n) is 8.30. The third-order valence-corrected chi connectivity index (χ3v) is 3.25. The zero-order chi connectivity index (χ0) is 11.7. The van der Waals surface area contributed by atoms with E-state index in [1.807, 2.05) is 0 Å². The lowest BCUT2D eigenvalue weighted by molar-refractivity contribution is -0.128. The Balaban J connectivity index is 2.33. The molecule has 0 saturated carbocycles. The summed E-state index contributed by atoms with van der Waals surface area (Å²) in [6.45, 7) is 0.290. The highest BCUT2D eigenvalue weighted by Gasteiger charge is 2.25. The number of benzene rings is 1. The highest BCUT2D eigenvalue weighted by molar-refractivity contribution is 9.10. The number of carbonyl (C=O) groups excluding carboxylic acids is 1. The van der Waals surface area contributed by atoms with Crippen molar-refractivity contribution < 1.29 is 18.3 Å². The van der Waals surface area contributed by atoms with Crippen LogP contribution < -0.4 is 0 Å². The van der Waals surface area contributed by atoms with E-state index < -0.39 is 17.7 Å². The Hall–Kier alpha value is -0.810. The fourth-order valence-electron chi connectivity index (χ4n) is 1.67. The van der Waals surface area contributed by atoms with Crippen LogP contribution in [0.15, 0.2) is 16.6 Å². The Morgan fingerprint density at radius 2 is 2.12 bits per heavy atom. The lowest BCUT2D eigenvalue weighted by Gasteiger charge is -2.22. The SMILES string of the molecule is O=C1CCOC(c2ccc(F)c(Br)c2F)C1. The van der Waals surface area contributed by atoms with Crippen molar-refractivity contribution in [2.75, 3.05) is 6.61 Å². The van der Waals surface area contributed by atoms with Gasteiger partial charge in [0.1, 0.15) is 17.4 Å². The number of ketones is 1. The normalized spacial score (nSPS) is 21.2. The molecule has 1 fully saturated rings. The second-order valence-electron chi connectivity index (χ2n) is 3.62. The van der Waals surface area contributed by atoms with Crippen molar-refractivity contribution in [1.82, 2.24) is 0 Å². The summed E-state index contributed by atoms with van der Waals surface area (Å²) in [6.07, 6.45) is -0.0895. The van der Waals surface area contributed by atoms with E-state index in [1.165, 1.54) is 6.07 Å². The zero-order valence-corrected chi connectivity index (χ0v) is 9.89. The maximum atomic E-state index is 13.7. The summed E-state index contributed by atoms with van der Waals surface area (Å²) in [5, 5.41) is 0. The van der Waals surface area contributed by atoms with Gasteiger partial charge in [-0.2, -0.15) is 0 Å². The number of halogens is 3. The van der Waals surface area contributed by atoms with E-state index in [0.29, 0.717) is 6.42 Å². The van der Waals surface area contributed by atoms with Crippen molar-refractivity contribution in [3.05, 3.63) is 33.8 Å². The fourth-order valence-corrected chi connectivity index (χ4v) is 2.03. The van der Waals surface area contributed by atoms with Crippen molar-refractivity contribution in [1.29, 1.82) is 0 Å². The molecular formula is C11H9BrF2O2. The summed E-state index contributed by atoms with van der Waals surface area (Å²) in [5.74, 6) is -1.32. The number of ether oxygens (including phenoxy) is 1. The molecule has 1 unspecified atom stereocenters. The molecule has 2 nitrogen and oxygen atoms in total. The number of rotatable bonds is 1. The van der Waals surface area contributed by atoms with E-state index in [0.717, 1.165) is 6.07 Å². The van der Waals surface area contributed by atoms with Gasteiger partial charge in [0, 0.05) is 18.4 Å². The van der Waals surface area contributed by atoms with Crippen LogP contribution >= 0.6 is 15.9 Å². The van der Waals surface area contributed by atoms with Gasteiger partial charge in [-0.1, -0.05) is 6.07 Å². The predicted molar refractivity (Wildman–Crippen MR) is 57.0 cm³/mol. The molecule has 1 aromatic carbocycles. The molecule has 5 heteroatoms. The van der Waals surface area contributed by atoms with Crippen LogP contribution in [0.5, 0.6) is 0 Å². The molecular weight excluding hydrogens is 282 g/mol. The molecule has 1 saturated heterocycles. The lowest BCUT2D eigenvalue weighted by atomic mass is 10.00. The molecule has 1 heterocycles. The molecule has 16 heavy (non-hydrogen) atoms. The highest BCUT2D eigenvalue weighted by Crippen LogP contribution is 2.32. The molecule has 2 rings (SSSR count). The smallest absolute Gasteiger partial charge is 0.146 e. The molecule has 0 spiro atoms. The van der Waals surface area contributed by atoms with Crippen LogP contribution in [-0.2, 0) is 9.53 Å². The van der Waals surface area contributed by atoms with Crippen molar-refractivity contribution >= 4 is 21.7 Å². The third kappa shape index (κ3) is 2.15. The van der Waals surface area contributed by atoms with E-state index in [-0.39, 0.29) is 28.8 Å². The first-order valence-corrected chi connectivity index (χ1v) is 5.65. The van der Waals surface area contributed by atoms with Gasteiger partial charge in [0.2, 0.25) is 0 Å². The second kappa shape index (κ2) is 4.59. The molecule has 0 bridgehead atoms. The van der Waals surface area contributed by atoms with E-state index in [9.17, 15) is 13.6 Å². The molecule has 1 aliphatic rings. The molecule has 1 atom stereocenters. The summed E-state index contributed by atoms with van der Waals surface area (Å²) in [5.41, 5.74) is 0.223. The van der Waals surface area contributed by atoms with E-state index in [4.69, 9.17) is 4.74 Å². The first-order valence-electron chi connectivity index (χ1n) is 4.86. The molecule has 0 amide bonds. The van der Waals surface area contributed by atoms with Crippen LogP contribution in [0.2, 0.25) is 0 Å². The number of hydrogen-bond donors (Lipinski definition) is 0. The Morgan fingerprint density at radius 3 is 2.81 bits per heavy atom. The Kier molecular flexibility index (Phi) is 3.35. The van der Waals surface area contributed by atoms with Gasteiger partial charge in [-0.3, -0.25) is 4.79 Å². The van der Waals surface area contributed by atoms with Gasteiger partial charge >= 0.3 is 0 Å². The summed E-state index contributed by atoms with van der Waals surface area (Å²) in [4.78, 5) is 11.2. The van der Waals surface area contributed by atoms with Crippen LogP contribution in [0.4, 0.5) is 8.78 Å². The molecule has 1 aromatic rings. The lowest BCUT2D eigenvalue weighted by Crippen LogP contribution is -2.20. The Bertz CT molecular complexity index is 434. The minimum atomic E-state index is -0.695. The minimum absolute atomic E-state index is 0.0381. The first-order chi connectivity index (χ1) is 7.59. The quantitative estimate of drug-likeness (QED) is 0.743. The molecule has 1 aliphatic heterocycles. The van der Waals surface area contributed by atoms with Crippen molar-refractivity contribution in [2.24, 2.45) is 0 Å². The predicted octanol–water partition coefficient (Wildman–Crippen LogP) is 3.15. The summed E-state index contributed by atoms with van der Waals surface area (Å²) >= 11 is 2.82.